The Balaban J connectivity index is 1.25. The van der Waals surface area contributed by atoms with Gasteiger partial charge in [-0.15, -0.1) is 6.42 Å². The highest BCUT2D eigenvalue weighted by Gasteiger charge is 2.49. The van der Waals surface area contributed by atoms with Crippen molar-refractivity contribution >= 4 is 27.5 Å². The van der Waals surface area contributed by atoms with E-state index in [2.05, 4.69) is 34.5 Å². The number of rotatable bonds is 4. The van der Waals surface area contributed by atoms with Gasteiger partial charge in [-0.3, -0.25) is 4.90 Å². The number of terminal acetylenes is 1. The molecule has 8 nitrogen and oxygen atoms in total. The standard InChI is InChI=1S/C36H35FN6O2/c1-4-22-8-5-9-23-10-6-11-25(27(22)23)30-29(37)31-28-33(41-35(40-31)44-19-36-15-7-16-42(36)17-14-20(36)2)43-18-24-12-13-26(38-24)32(43)21(3)45-34(28)39-30/h1,5-6,8-11,21,24,26,32,38H,2,7,12-19H2,3H3/t21-,24+,26-,32+,36-/m0/s1. The van der Waals surface area contributed by atoms with Gasteiger partial charge in [-0.2, -0.15) is 9.97 Å². The summed E-state index contributed by atoms with van der Waals surface area (Å²) in [6.07, 6.45) is 10.9. The Morgan fingerprint density at radius 2 is 2.02 bits per heavy atom. The lowest BCUT2D eigenvalue weighted by Crippen LogP contribution is -2.62. The smallest absolute Gasteiger partial charge is 0.319 e. The number of halogens is 1. The van der Waals surface area contributed by atoms with Crippen LogP contribution < -0.4 is 19.7 Å². The quantitative estimate of drug-likeness (QED) is 0.252. The third-order valence-corrected chi connectivity index (χ3v) is 10.9. The summed E-state index contributed by atoms with van der Waals surface area (Å²) < 4.78 is 30.2. The minimum Gasteiger partial charge on any atom is -0.472 e. The van der Waals surface area contributed by atoms with Gasteiger partial charge in [0.25, 0.3) is 0 Å². The van der Waals surface area contributed by atoms with Crippen LogP contribution in [0.5, 0.6) is 11.9 Å². The molecule has 0 aliphatic carbocycles. The molecule has 5 aliphatic rings. The molecular weight excluding hydrogens is 567 g/mol. The molecule has 2 aromatic carbocycles. The Bertz CT molecular complexity index is 1950. The molecule has 4 saturated heterocycles. The molecule has 5 aliphatic heterocycles. The van der Waals surface area contributed by atoms with Crippen LogP contribution in [0, 0.1) is 18.2 Å². The number of nitrogens with zero attached hydrogens (tertiary/aromatic N) is 5. The monoisotopic (exact) mass is 602 g/mol. The molecule has 2 bridgehead atoms. The maximum Gasteiger partial charge on any atom is 0.319 e. The zero-order valence-electron chi connectivity index (χ0n) is 25.4. The number of piperazine rings is 1. The molecule has 0 saturated carbocycles. The van der Waals surface area contributed by atoms with Gasteiger partial charge >= 0.3 is 6.01 Å². The highest BCUT2D eigenvalue weighted by atomic mass is 19.1. The highest BCUT2D eigenvalue weighted by Crippen LogP contribution is 2.46. The normalized spacial score (nSPS) is 28.6. The average molecular weight is 603 g/mol. The van der Waals surface area contributed by atoms with Crippen molar-refractivity contribution in [2.24, 2.45) is 0 Å². The summed E-state index contributed by atoms with van der Waals surface area (Å²) in [5.41, 5.74) is 2.55. The maximum atomic E-state index is 17.1. The van der Waals surface area contributed by atoms with E-state index in [1.807, 2.05) is 36.4 Å². The van der Waals surface area contributed by atoms with Gasteiger partial charge in [0.1, 0.15) is 35.1 Å². The second kappa shape index (κ2) is 9.87. The fourth-order valence-electron chi connectivity index (χ4n) is 8.80. The van der Waals surface area contributed by atoms with Crippen LogP contribution in [0.3, 0.4) is 0 Å². The Morgan fingerprint density at radius 1 is 1.16 bits per heavy atom. The molecule has 1 N–H and O–H groups in total. The molecule has 7 heterocycles. The van der Waals surface area contributed by atoms with E-state index in [4.69, 9.17) is 30.8 Å². The molecule has 0 amide bonds. The zero-order chi connectivity index (χ0) is 30.4. The number of benzene rings is 2. The molecule has 4 aromatic rings. The number of nitrogens with one attached hydrogen (secondary N) is 1. The first-order valence-corrected chi connectivity index (χ1v) is 16.1. The maximum absolute atomic E-state index is 17.1. The first-order chi connectivity index (χ1) is 21.9. The zero-order valence-corrected chi connectivity index (χ0v) is 25.4. The number of anilines is 1. The third-order valence-electron chi connectivity index (χ3n) is 10.9. The number of ether oxygens (including phenoxy) is 2. The second-order valence-electron chi connectivity index (χ2n) is 13.3. The lowest BCUT2D eigenvalue weighted by atomic mass is 9.91. The SMILES string of the molecule is C#Cc1cccc2cccc(-c3nc4c5c(nc(OC[C@]67CCCN6CCC7=C)nc5c3F)N3C[C@H]5CC[C@H](N5)[C@H]3[C@H](C)O4)c12. The fraction of sp³-hybridized carbons (Fsp3) is 0.417. The summed E-state index contributed by atoms with van der Waals surface area (Å²) in [4.78, 5) is 19.5. The number of pyridine rings is 1. The molecule has 0 unspecified atom stereocenters. The molecule has 2 aromatic heterocycles. The van der Waals surface area contributed by atoms with E-state index >= 15 is 4.39 Å². The van der Waals surface area contributed by atoms with Gasteiger partial charge in [0.2, 0.25) is 5.88 Å². The Labute approximate surface area is 261 Å². The van der Waals surface area contributed by atoms with E-state index < -0.39 is 5.82 Å². The molecule has 0 spiro atoms. The van der Waals surface area contributed by atoms with Crippen LogP contribution in [0.1, 0.15) is 44.6 Å². The fourth-order valence-corrected chi connectivity index (χ4v) is 8.80. The molecule has 4 fully saturated rings. The van der Waals surface area contributed by atoms with Crippen molar-refractivity contribution < 1.29 is 13.9 Å². The molecule has 45 heavy (non-hydrogen) atoms. The van der Waals surface area contributed by atoms with Crippen LogP contribution >= 0.6 is 0 Å². The highest BCUT2D eigenvalue weighted by molar-refractivity contribution is 6.03. The van der Waals surface area contributed by atoms with Gasteiger partial charge in [0, 0.05) is 41.7 Å². The van der Waals surface area contributed by atoms with Crippen LogP contribution in [-0.4, -0.2) is 75.9 Å². The van der Waals surface area contributed by atoms with Crippen molar-refractivity contribution in [3.05, 3.63) is 59.9 Å². The van der Waals surface area contributed by atoms with Gasteiger partial charge in [-0.05, 0) is 57.0 Å². The number of aromatic nitrogens is 3. The number of fused-ring (bicyclic) bond motifs is 7. The molecule has 0 radical (unpaired) electrons. The minimum absolute atomic E-state index is 0.000429. The summed E-state index contributed by atoms with van der Waals surface area (Å²) in [6.45, 7) is 9.63. The largest absolute Gasteiger partial charge is 0.472 e. The molecule has 9 heteroatoms. The first kappa shape index (κ1) is 27.1. The van der Waals surface area contributed by atoms with Gasteiger partial charge < -0.3 is 19.7 Å². The molecule has 228 valence electrons. The summed E-state index contributed by atoms with van der Waals surface area (Å²) in [5.74, 6) is 3.20. The summed E-state index contributed by atoms with van der Waals surface area (Å²) in [6, 6.07) is 12.2. The second-order valence-corrected chi connectivity index (χ2v) is 13.3. The Morgan fingerprint density at radius 3 is 2.89 bits per heavy atom. The van der Waals surface area contributed by atoms with Crippen LogP contribution in [0.25, 0.3) is 32.9 Å². The van der Waals surface area contributed by atoms with Gasteiger partial charge in [0.15, 0.2) is 5.82 Å². The van der Waals surface area contributed by atoms with Crippen molar-refractivity contribution in [2.45, 2.75) is 68.8 Å². The van der Waals surface area contributed by atoms with Crippen molar-refractivity contribution in [2.75, 3.05) is 31.1 Å². The summed E-state index contributed by atoms with van der Waals surface area (Å²) in [5, 5.41) is 5.94. The van der Waals surface area contributed by atoms with Crippen molar-refractivity contribution in [3.8, 4) is 35.5 Å². The third kappa shape index (κ3) is 3.88. The number of hydrogen-bond donors (Lipinski definition) is 1. The van der Waals surface area contributed by atoms with E-state index in [0.717, 1.165) is 62.5 Å². The van der Waals surface area contributed by atoms with Crippen molar-refractivity contribution in [3.63, 3.8) is 0 Å². The minimum atomic E-state index is -0.541. The van der Waals surface area contributed by atoms with Crippen molar-refractivity contribution in [1.29, 1.82) is 0 Å². The van der Waals surface area contributed by atoms with Crippen LogP contribution in [0.2, 0.25) is 0 Å². The van der Waals surface area contributed by atoms with E-state index in [9.17, 15) is 0 Å². The summed E-state index contributed by atoms with van der Waals surface area (Å²) in [7, 11) is 0. The molecule has 9 rings (SSSR count). The summed E-state index contributed by atoms with van der Waals surface area (Å²) >= 11 is 0. The predicted octanol–water partition coefficient (Wildman–Crippen LogP) is 5.23. The topological polar surface area (TPSA) is 75.6 Å². The van der Waals surface area contributed by atoms with Gasteiger partial charge in [-0.1, -0.05) is 48.4 Å². The van der Waals surface area contributed by atoms with E-state index in [-0.39, 0.29) is 40.9 Å². The van der Waals surface area contributed by atoms with Crippen LogP contribution in [-0.2, 0) is 0 Å². The Kier molecular flexibility index (Phi) is 5.94. The first-order valence-electron chi connectivity index (χ1n) is 16.1. The Hall–Kier alpha value is -4.26. The lowest BCUT2D eigenvalue weighted by molar-refractivity contribution is 0.130. The molecular formula is C36H35FN6O2. The van der Waals surface area contributed by atoms with E-state index in [1.54, 1.807) is 0 Å². The van der Waals surface area contributed by atoms with Crippen LogP contribution in [0.4, 0.5) is 10.2 Å². The van der Waals surface area contributed by atoms with E-state index in [0.29, 0.717) is 40.9 Å². The number of hydrogen-bond acceptors (Lipinski definition) is 8. The molecule has 5 atom stereocenters. The van der Waals surface area contributed by atoms with E-state index in [1.165, 1.54) is 5.57 Å². The van der Waals surface area contributed by atoms with Crippen LogP contribution in [0.15, 0.2) is 48.6 Å². The van der Waals surface area contributed by atoms with Gasteiger partial charge in [-0.25, -0.2) is 9.37 Å². The average Bonchev–Trinajstić information content (AvgIpc) is 3.72. The predicted molar refractivity (Wildman–Crippen MR) is 172 cm³/mol. The van der Waals surface area contributed by atoms with Gasteiger partial charge in [0.05, 0.1) is 11.6 Å². The van der Waals surface area contributed by atoms with Crippen molar-refractivity contribution in [1.82, 2.24) is 25.2 Å². The lowest BCUT2D eigenvalue weighted by Gasteiger charge is -2.42.